The van der Waals surface area contributed by atoms with Crippen LogP contribution >= 0.6 is 0 Å². The second kappa shape index (κ2) is 9.64. The van der Waals surface area contributed by atoms with Crippen LogP contribution in [0, 0.1) is 5.82 Å². The molecule has 3 N–H and O–H groups in total. The summed E-state index contributed by atoms with van der Waals surface area (Å²) in [4.78, 5) is 21.8. The number of fused-ring (bicyclic) bond motifs is 2. The van der Waals surface area contributed by atoms with Crippen molar-refractivity contribution in [3.63, 3.8) is 0 Å². The van der Waals surface area contributed by atoms with Gasteiger partial charge >= 0.3 is 0 Å². The summed E-state index contributed by atoms with van der Waals surface area (Å²) in [5.41, 5.74) is 4.49. The molecule has 1 amide bonds. The van der Waals surface area contributed by atoms with E-state index in [0.717, 1.165) is 29.3 Å². The zero-order valence-corrected chi connectivity index (χ0v) is 17.7. The van der Waals surface area contributed by atoms with Crippen molar-refractivity contribution in [3.8, 4) is 0 Å². The smallest absolute Gasteiger partial charge is 0.223 e. The number of halogens is 1. The Balaban J connectivity index is 1.16. The number of guanidine groups is 1. The normalized spacial score (nSPS) is 13.5. The van der Waals surface area contributed by atoms with Gasteiger partial charge in [-0.3, -0.25) is 9.79 Å². The van der Waals surface area contributed by atoms with Gasteiger partial charge in [0.05, 0.1) is 0 Å². The van der Waals surface area contributed by atoms with Gasteiger partial charge in [0.1, 0.15) is 5.82 Å². The zero-order valence-electron chi connectivity index (χ0n) is 17.7. The summed E-state index contributed by atoms with van der Waals surface area (Å²) < 4.78 is 13.5. The van der Waals surface area contributed by atoms with Gasteiger partial charge in [-0.1, -0.05) is 24.3 Å². The molecule has 2 heterocycles. The van der Waals surface area contributed by atoms with Crippen LogP contribution < -0.4 is 10.6 Å². The van der Waals surface area contributed by atoms with Crippen molar-refractivity contribution in [2.24, 2.45) is 4.99 Å². The topological polar surface area (TPSA) is 72.5 Å². The van der Waals surface area contributed by atoms with E-state index in [9.17, 15) is 9.18 Å². The Kier molecular flexibility index (Phi) is 6.50. The van der Waals surface area contributed by atoms with Gasteiger partial charge in [-0.2, -0.15) is 0 Å². The number of aliphatic imine (C=N–C) groups is 1. The van der Waals surface area contributed by atoms with Crippen LogP contribution in [-0.4, -0.2) is 41.9 Å². The average molecular weight is 422 g/mol. The maximum Gasteiger partial charge on any atom is 0.223 e. The molecule has 0 radical (unpaired) electrons. The predicted octanol–water partition coefficient (Wildman–Crippen LogP) is 3.34. The number of nitrogens with zero attached hydrogens (tertiary/aromatic N) is 2. The summed E-state index contributed by atoms with van der Waals surface area (Å²) in [6.45, 7) is 2.77. The molecule has 4 rings (SSSR count). The number of aromatic amines is 1. The minimum Gasteiger partial charge on any atom is -0.361 e. The lowest BCUT2D eigenvalue weighted by Crippen LogP contribution is -2.39. The number of rotatable bonds is 7. The molecule has 0 unspecified atom stereocenters. The minimum absolute atomic E-state index is 0.188. The number of carbonyl (C=O) groups excluding carboxylic acids is 1. The van der Waals surface area contributed by atoms with Crippen LogP contribution in [0.3, 0.4) is 0 Å². The average Bonchev–Trinajstić information content (AvgIpc) is 3.39. The Morgan fingerprint density at radius 3 is 2.61 bits per heavy atom. The molecular formula is C24H28FN5O. The fourth-order valence-electron chi connectivity index (χ4n) is 4.01. The lowest BCUT2D eigenvalue weighted by Gasteiger charge is -2.16. The Morgan fingerprint density at radius 2 is 1.87 bits per heavy atom. The number of carbonyl (C=O) groups is 1. The summed E-state index contributed by atoms with van der Waals surface area (Å²) in [7, 11) is 1.73. The standard InChI is InChI=1S/C24H28FN5O/c1-26-24(28-12-10-17-14-29-22-9-8-20(25)13-21(17)22)27-11-4-7-23(31)30-15-18-5-2-3-6-19(18)16-30/h2-3,5-6,8-9,13-14,29H,4,7,10-12,15-16H2,1H3,(H2,26,27,28). The van der Waals surface area contributed by atoms with Gasteiger partial charge in [-0.05, 0) is 47.7 Å². The third kappa shape index (κ3) is 5.05. The lowest BCUT2D eigenvalue weighted by atomic mass is 10.1. The number of amides is 1. The SMILES string of the molecule is CN=C(NCCCC(=O)N1Cc2ccccc2C1)NCCc1c[nH]c2ccc(F)cc12. The molecule has 0 aliphatic carbocycles. The number of nitrogens with one attached hydrogen (secondary N) is 3. The van der Waals surface area contributed by atoms with Gasteiger partial charge in [0.2, 0.25) is 5.91 Å². The van der Waals surface area contributed by atoms with Crippen molar-refractivity contribution in [1.29, 1.82) is 0 Å². The lowest BCUT2D eigenvalue weighted by molar-refractivity contribution is -0.131. The highest BCUT2D eigenvalue weighted by Gasteiger charge is 2.22. The molecule has 1 aliphatic heterocycles. The third-order valence-corrected chi connectivity index (χ3v) is 5.69. The molecule has 0 bridgehead atoms. The van der Waals surface area contributed by atoms with Crippen molar-refractivity contribution < 1.29 is 9.18 Å². The second-order valence-corrected chi connectivity index (χ2v) is 7.80. The number of H-pyrrole nitrogens is 1. The zero-order chi connectivity index (χ0) is 21.6. The van der Waals surface area contributed by atoms with E-state index in [1.807, 2.05) is 23.2 Å². The number of hydrogen-bond donors (Lipinski definition) is 3. The molecule has 1 aromatic heterocycles. The highest BCUT2D eigenvalue weighted by atomic mass is 19.1. The monoisotopic (exact) mass is 421 g/mol. The van der Waals surface area contributed by atoms with Gasteiger partial charge in [-0.15, -0.1) is 0 Å². The highest BCUT2D eigenvalue weighted by Crippen LogP contribution is 2.23. The Labute approximate surface area is 181 Å². The third-order valence-electron chi connectivity index (χ3n) is 5.69. The first-order valence-electron chi connectivity index (χ1n) is 10.7. The van der Waals surface area contributed by atoms with Gasteiger partial charge in [0.15, 0.2) is 5.96 Å². The van der Waals surface area contributed by atoms with Crippen LogP contribution in [0.5, 0.6) is 0 Å². The fourth-order valence-corrected chi connectivity index (χ4v) is 4.01. The fraction of sp³-hybridized carbons (Fsp3) is 0.333. The molecule has 3 aromatic rings. The van der Waals surface area contributed by atoms with E-state index in [1.165, 1.54) is 17.2 Å². The van der Waals surface area contributed by atoms with Crippen molar-refractivity contribution in [2.45, 2.75) is 32.4 Å². The molecular weight excluding hydrogens is 393 g/mol. The van der Waals surface area contributed by atoms with Gasteiger partial charge < -0.3 is 20.5 Å². The number of aromatic nitrogens is 1. The quantitative estimate of drug-likeness (QED) is 0.311. The molecule has 31 heavy (non-hydrogen) atoms. The molecule has 0 fully saturated rings. The minimum atomic E-state index is -0.230. The Morgan fingerprint density at radius 1 is 1.13 bits per heavy atom. The van der Waals surface area contributed by atoms with E-state index in [2.05, 4.69) is 32.7 Å². The van der Waals surface area contributed by atoms with Crippen LogP contribution in [0.15, 0.2) is 53.7 Å². The van der Waals surface area contributed by atoms with Crippen molar-refractivity contribution >= 4 is 22.8 Å². The van der Waals surface area contributed by atoms with Crippen molar-refractivity contribution in [3.05, 3.63) is 71.2 Å². The molecule has 1 aliphatic rings. The summed E-state index contributed by atoms with van der Waals surface area (Å²) in [5.74, 6) is 0.658. The van der Waals surface area contributed by atoms with Crippen LogP contribution in [0.1, 0.15) is 29.5 Å². The summed E-state index contributed by atoms with van der Waals surface area (Å²) in [5, 5.41) is 7.45. The maximum atomic E-state index is 13.5. The summed E-state index contributed by atoms with van der Waals surface area (Å²) in [6, 6.07) is 13.0. The van der Waals surface area contributed by atoms with Crippen molar-refractivity contribution in [1.82, 2.24) is 20.5 Å². The van der Waals surface area contributed by atoms with E-state index in [1.54, 1.807) is 19.2 Å². The predicted molar refractivity (Wildman–Crippen MR) is 121 cm³/mol. The van der Waals surface area contributed by atoms with E-state index in [0.29, 0.717) is 38.6 Å². The largest absolute Gasteiger partial charge is 0.361 e. The molecule has 0 saturated heterocycles. The van der Waals surface area contributed by atoms with Crippen LogP contribution in [-0.2, 0) is 24.3 Å². The number of hydrogen-bond acceptors (Lipinski definition) is 2. The molecule has 2 aromatic carbocycles. The van der Waals surface area contributed by atoms with E-state index < -0.39 is 0 Å². The summed E-state index contributed by atoms with van der Waals surface area (Å²) >= 11 is 0. The summed E-state index contributed by atoms with van der Waals surface area (Å²) in [6.07, 6.45) is 3.93. The van der Waals surface area contributed by atoms with Gasteiger partial charge in [-0.25, -0.2) is 4.39 Å². The maximum absolute atomic E-state index is 13.5. The molecule has 0 atom stereocenters. The Bertz CT molecular complexity index is 1070. The van der Waals surface area contributed by atoms with Gasteiger partial charge in [0, 0.05) is 56.7 Å². The van der Waals surface area contributed by atoms with Crippen LogP contribution in [0.25, 0.3) is 10.9 Å². The first kappa shape index (κ1) is 20.9. The van der Waals surface area contributed by atoms with E-state index in [-0.39, 0.29) is 11.7 Å². The molecule has 7 heteroatoms. The van der Waals surface area contributed by atoms with Gasteiger partial charge in [0.25, 0.3) is 0 Å². The molecule has 0 saturated carbocycles. The molecule has 162 valence electrons. The number of benzene rings is 2. The van der Waals surface area contributed by atoms with Crippen LogP contribution in [0.4, 0.5) is 4.39 Å². The van der Waals surface area contributed by atoms with E-state index in [4.69, 9.17) is 0 Å². The molecule has 0 spiro atoms. The Hall–Kier alpha value is -3.35. The second-order valence-electron chi connectivity index (χ2n) is 7.80. The van der Waals surface area contributed by atoms with E-state index >= 15 is 0 Å². The van der Waals surface area contributed by atoms with Crippen molar-refractivity contribution in [2.75, 3.05) is 20.1 Å². The van der Waals surface area contributed by atoms with Crippen LogP contribution in [0.2, 0.25) is 0 Å². The highest BCUT2D eigenvalue weighted by molar-refractivity contribution is 5.83. The first-order chi connectivity index (χ1) is 15.1. The molecule has 6 nitrogen and oxygen atoms in total. The first-order valence-corrected chi connectivity index (χ1v) is 10.7.